The number of nitrogens with one attached hydrogen (secondary N) is 2. The lowest BCUT2D eigenvalue weighted by molar-refractivity contribution is -0.140. The number of unbranched alkanes of at least 4 members (excludes halogenated alkanes) is 1. The third kappa shape index (κ3) is 9.17. The first kappa shape index (κ1) is 20.2. The topological polar surface area (TPSA) is 125 Å². The van der Waals surface area contributed by atoms with Gasteiger partial charge in [0.25, 0.3) is 5.91 Å². The number of hydrogen-bond donors (Lipinski definition) is 4. The third-order valence-electron chi connectivity index (χ3n) is 2.63. The molecule has 128 valence electrons. The molecule has 0 spiro atoms. The van der Waals surface area contributed by atoms with Crippen molar-refractivity contribution in [2.24, 2.45) is 0 Å². The Morgan fingerprint density at radius 2 is 1.82 bits per heavy atom. The van der Waals surface area contributed by atoms with Crippen LogP contribution in [0.5, 0.6) is 0 Å². The molecule has 8 nitrogen and oxygen atoms in total. The highest BCUT2D eigenvalue weighted by atomic mass is 16.6. The van der Waals surface area contributed by atoms with Gasteiger partial charge in [-0.2, -0.15) is 0 Å². The van der Waals surface area contributed by atoms with Gasteiger partial charge in [-0.05, 0) is 27.2 Å². The minimum atomic E-state index is -1.54. The van der Waals surface area contributed by atoms with Crippen molar-refractivity contribution >= 4 is 18.0 Å². The van der Waals surface area contributed by atoms with Gasteiger partial charge >= 0.3 is 12.1 Å². The van der Waals surface area contributed by atoms with Gasteiger partial charge in [0, 0.05) is 0 Å². The van der Waals surface area contributed by atoms with E-state index in [0.29, 0.717) is 12.8 Å². The Bertz CT molecular complexity index is 391. The molecule has 0 aliphatic rings. The van der Waals surface area contributed by atoms with Crippen LogP contribution >= 0.6 is 0 Å². The van der Waals surface area contributed by atoms with Gasteiger partial charge in [-0.1, -0.05) is 19.8 Å². The summed E-state index contributed by atoms with van der Waals surface area (Å²) in [6.07, 6.45) is -0.408. The van der Waals surface area contributed by atoms with Gasteiger partial charge in [0.2, 0.25) is 0 Å². The SMILES string of the molecule is CCCCC(NC(=O)OC(C)(C)C)C(O)C(=O)NCC(=O)O. The van der Waals surface area contributed by atoms with Gasteiger partial charge in [-0.25, -0.2) is 4.79 Å². The Labute approximate surface area is 130 Å². The van der Waals surface area contributed by atoms with Crippen molar-refractivity contribution < 1.29 is 29.3 Å². The average molecular weight is 318 g/mol. The zero-order valence-corrected chi connectivity index (χ0v) is 13.5. The van der Waals surface area contributed by atoms with E-state index in [9.17, 15) is 19.5 Å². The first-order chi connectivity index (χ1) is 10.1. The van der Waals surface area contributed by atoms with Crippen LogP contribution in [0.25, 0.3) is 0 Å². The molecule has 0 radical (unpaired) electrons. The molecule has 0 aliphatic heterocycles. The summed E-state index contributed by atoms with van der Waals surface area (Å²) >= 11 is 0. The molecule has 2 amide bonds. The summed E-state index contributed by atoms with van der Waals surface area (Å²) in [5.74, 6) is -2.06. The Morgan fingerprint density at radius 1 is 1.23 bits per heavy atom. The van der Waals surface area contributed by atoms with Crippen LogP contribution in [0.2, 0.25) is 0 Å². The number of rotatable bonds is 8. The van der Waals surface area contributed by atoms with E-state index in [1.165, 1.54) is 0 Å². The van der Waals surface area contributed by atoms with Gasteiger partial charge in [0.05, 0.1) is 6.04 Å². The Balaban J connectivity index is 4.69. The second kappa shape index (κ2) is 9.24. The van der Waals surface area contributed by atoms with E-state index in [4.69, 9.17) is 9.84 Å². The summed E-state index contributed by atoms with van der Waals surface area (Å²) in [4.78, 5) is 33.9. The van der Waals surface area contributed by atoms with Gasteiger partial charge in [0.15, 0.2) is 6.10 Å². The Hall–Kier alpha value is -1.83. The monoisotopic (exact) mass is 318 g/mol. The fourth-order valence-electron chi connectivity index (χ4n) is 1.64. The summed E-state index contributed by atoms with van der Waals surface area (Å²) < 4.78 is 5.09. The van der Waals surface area contributed by atoms with Gasteiger partial charge < -0.3 is 25.6 Å². The predicted octanol–water partition coefficient (Wildman–Crippen LogP) is 0.632. The maximum atomic E-state index is 11.8. The number of carbonyl (C=O) groups is 3. The summed E-state index contributed by atoms with van der Waals surface area (Å²) in [5.41, 5.74) is -0.699. The quantitative estimate of drug-likeness (QED) is 0.520. The zero-order chi connectivity index (χ0) is 17.3. The van der Waals surface area contributed by atoms with Crippen LogP contribution in [0, 0.1) is 0 Å². The molecule has 8 heteroatoms. The molecule has 4 N–H and O–H groups in total. The number of hydrogen-bond acceptors (Lipinski definition) is 5. The van der Waals surface area contributed by atoms with Crippen molar-refractivity contribution in [2.45, 2.75) is 64.7 Å². The van der Waals surface area contributed by atoms with Crippen LogP contribution in [-0.2, 0) is 14.3 Å². The normalized spacial score (nSPS) is 13.9. The lowest BCUT2D eigenvalue weighted by atomic mass is 10.0. The van der Waals surface area contributed by atoms with Crippen molar-refractivity contribution in [1.29, 1.82) is 0 Å². The number of alkyl carbamates (subject to hydrolysis) is 1. The van der Waals surface area contributed by atoms with Crippen LogP contribution in [0.15, 0.2) is 0 Å². The molecule has 2 atom stereocenters. The van der Waals surface area contributed by atoms with Crippen LogP contribution in [-0.4, -0.2) is 52.5 Å². The molecule has 0 fully saturated rings. The fraction of sp³-hybridized carbons (Fsp3) is 0.786. The molecule has 0 rings (SSSR count). The van der Waals surface area contributed by atoms with E-state index in [-0.39, 0.29) is 0 Å². The van der Waals surface area contributed by atoms with E-state index in [0.717, 1.165) is 6.42 Å². The van der Waals surface area contributed by atoms with Crippen molar-refractivity contribution in [3.8, 4) is 0 Å². The fourth-order valence-corrected chi connectivity index (χ4v) is 1.64. The molecular weight excluding hydrogens is 292 g/mol. The highest BCUT2D eigenvalue weighted by Gasteiger charge is 2.29. The summed E-state index contributed by atoms with van der Waals surface area (Å²) in [6.45, 7) is 6.43. The number of aliphatic hydroxyl groups excluding tert-OH is 1. The van der Waals surface area contributed by atoms with Gasteiger partial charge in [-0.3, -0.25) is 9.59 Å². The summed E-state index contributed by atoms with van der Waals surface area (Å²) in [7, 11) is 0. The number of carboxylic acid groups (broad SMARTS) is 1. The highest BCUT2D eigenvalue weighted by molar-refractivity contribution is 5.85. The van der Waals surface area contributed by atoms with E-state index in [1.54, 1.807) is 20.8 Å². The van der Waals surface area contributed by atoms with Crippen molar-refractivity contribution in [2.75, 3.05) is 6.54 Å². The standard InChI is InChI=1S/C14H26N2O6/c1-5-6-7-9(16-13(21)22-14(2,3)4)11(19)12(20)15-8-10(17)18/h9,11,19H,5-8H2,1-4H3,(H,15,20)(H,16,21)(H,17,18). The molecule has 0 aromatic heterocycles. The van der Waals surface area contributed by atoms with Gasteiger partial charge in [0.1, 0.15) is 12.1 Å². The molecule has 0 saturated heterocycles. The molecule has 0 heterocycles. The molecule has 0 aromatic rings. The maximum absolute atomic E-state index is 11.8. The van der Waals surface area contributed by atoms with Crippen molar-refractivity contribution in [1.82, 2.24) is 10.6 Å². The second-order valence-corrected chi connectivity index (χ2v) is 5.95. The molecule has 22 heavy (non-hydrogen) atoms. The molecule has 0 aliphatic carbocycles. The van der Waals surface area contributed by atoms with E-state index in [2.05, 4.69) is 10.6 Å². The van der Waals surface area contributed by atoms with Crippen LogP contribution in [0.1, 0.15) is 47.0 Å². The Morgan fingerprint density at radius 3 is 2.27 bits per heavy atom. The highest BCUT2D eigenvalue weighted by Crippen LogP contribution is 2.10. The van der Waals surface area contributed by atoms with E-state index < -0.39 is 42.3 Å². The molecule has 0 saturated carbocycles. The smallest absolute Gasteiger partial charge is 0.407 e. The number of carboxylic acids is 1. The molecular formula is C14H26N2O6. The van der Waals surface area contributed by atoms with Gasteiger partial charge in [-0.15, -0.1) is 0 Å². The van der Waals surface area contributed by atoms with E-state index in [1.807, 2.05) is 6.92 Å². The Kier molecular flexibility index (Phi) is 8.47. The third-order valence-corrected chi connectivity index (χ3v) is 2.63. The minimum absolute atomic E-state index is 0.372. The maximum Gasteiger partial charge on any atom is 0.407 e. The largest absolute Gasteiger partial charge is 0.480 e. The molecule has 2 unspecified atom stereocenters. The summed E-state index contributed by atoms with van der Waals surface area (Å²) in [6, 6.07) is -0.844. The lowest BCUT2D eigenvalue weighted by Crippen LogP contribution is -2.52. The van der Waals surface area contributed by atoms with Crippen molar-refractivity contribution in [3.63, 3.8) is 0 Å². The lowest BCUT2D eigenvalue weighted by Gasteiger charge is -2.26. The van der Waals surface area contributed by atoms with E-state index >= 15 is 0 Å². The molecule has 0 aromatic carbocycles. The summed E-state index contributed by atoms with van der Waals surface area (Å²) in [5, 5.41) is 23.0. The first-order valence-corrected chi connectivity index (χ1v) is 7.24. The predicted molar refractivity (Wildman–Crippen MR) is 79.3 cm³/mol. The molecule has 0 bridgehead atoms. The van der Waals surface area contributed by atoms with Crippen LogP contribution < -0.4 is 10.6 Å². The second-order valence-electron chi connectivity index (χ2n) is 5.95. The average Bonchev–Trinajstić information content (AvgIpc) is 2.37. The number of aliphatic hydroxyl groups is 1. The number of amides is 2. The van der Waals surface area contributed by atoms with Crippen LogP contribution in [0.3, 0.4) is 0 Å². The number of aliphatic carboxylic acids is 1. The number of carbonyl (C=O) groups excluding carboxylic acids is 2. The number of ether oxygens (including phenoxy) is 1. The minimum Gasteiger partial charge on any atom is -0.480 e. The van der Waals surface area contributed by atoms with Crippen molar-refractivity contribution in [3.05, 3.63) is 0 Å². The van der Waals surface area contributed by atoms with Crippen LogP contribution in [0.4, 0.5) is 4.79 Å². The first-order valence-electron chi connectivity index (χ1n) is 7.24. The zero-order valence-electron chi connectivity index (χ0n) is 13.5.